The second-order valence-electron chi connectivity index (χ2n) is 8.40. The molecule has 3 aromatic carbocycles. The predicted octanol–water partition coefficient (Wildman–Crippen LogP) is 6.14. The molecule has 1 heterocycles. The second kappa shape index (κ2) is 10.9. The standard InChI is InChI=1S/C27H24BrN3O3S/c1-17(2)16-31-26(33)23(29-20-10-8-19(28)9-11-20)24(27(31)34)35-22-14-12-21(13-15-22)30-25(32)18-6-4-3-5-7-18/h3-15,17,29H,16H2,1-2H3,(H,30,32). The lowest BCUT2D eigenvalue weighted by molar-refractivity contribution is -0.137. The van der Waals surface area contributed by atoms with E-state index in [0.717, 1.165) is 9.37 Å². The van der Waals surface area contributed by atoms with Crippen molar-refractivity contribution in [3.8, 4) is 0 Å². The Morgan fingerprint density at radius 2 is 1.51 bits per heavy atom. The third kappa shape index (κ3) is 6.01. The summed E-state index contributed by atoms with van der Waals surface area (Å²) in [4.78, 5) is 41.2. The Labute approximate surface area is 216 Å². The number of hydrogen-bond donors (Lipinski definition) is 2. The summed E-state index contributed by atoms with van der Waals surface area (Å²) in [6.07, 6.45) is 0. The summed E-state index contributed by atoms with van der Waals surface area (Å²) in [5, 5.41) is 6.01. The lowest BCUT2D eigenvalue weighted by Gasteiger charge is -2.17. The highest BCUT2D eigenvalue weighted by atomic mass is 79.9. The van der Waals surface area contributed by atoms with Crippen LogP contribution in [0.2, 0.25) is 0 Å². The number of nitrogens with zero attached hydrogens (tertiary/aromatic N) is 1. The molecule has 0 fully saturated rings. The van der Waals surface area contributed by atoms with Crippen LogP contribution in [-0.4, -0.2) is 29.2 Å². The van der Waals surface area contributed by atoms with Gasteiger partial charge in [-0.2, -0.15) is 0 Å². The fourth-order valence-corrected chi connectivity index (χ4v) is 4.69. The Morgan fingerprint density at radius 3 is 2.14 bits per heavy atom. The molecule has 0 saturated heterocycles. The smallest absolute Gasteiger partial charge is 0.278 e. The first-order chi connectivity index (χ1) is 16.8. The Bertz CT molecular complexity index is 1270. The minimum absolute atomic E-state index is 0.147. The number of thioether (sulfide) groups is 1. The number of imide groups is 1. The van der Waals surface area contributed by atoms with Gasteiger partial charge in [-0.15, -0.1) is 0 Å². The van der Waals surface area contributed by atoms with Crippen LogP contribution in [0.15, 0.2) is 98.8 Å². The quantitative estimate of drug-likeness (QED) is 0.330. The van der Waals surface area contributed by atoms with Gasteiger partial charge in [0.05, 0.1) is 0 Å². The summed E-state index contributed by atoms with van der Waals surface area (Å²) in [6, 6.07) is 23.6. The van der Waals surface area contributed by atoms with Crippen LogP contribution in [0.3, 0.4) is 0 Å². The van der Waals surface area contributed by atoms with Gasteiger partial charge in [-0.05, 0) is 66.6 Å². The van der Waals surface area contributed by atoms with Crippen LogP contribution in [0.1, 0.15) is 24.2 Å². The van der Waals surface area contributed by atoms with E-state index in [1.165, 1.54) is 16.7 Å². The van der Waals surface area contributed by atoms with Crippen molar-refractivity contribution in [2.24, 2.45) is 5.92 Å². The van der Waals surface area contributed by atoms with E-state index < -0.39 is 0 Å². The lowest BCUT2D eigenvalue weighted by Crippen LogP contribution is -2.35. The van der Waals surface area contributed by atoms with Gasteiger partial charge in [0.2, 0.25) is 0 Å². The first kappa shape index (κ1) is 24.8. The number of nitrogens with one attached hydrogen (secondary N) is 2. The summed E-state index contributed by atoms with van der Waals surface area (Å²) >= 11 is 4.64. The summed E-state index contributed by atoms with van der Waals surface area (Å²) in [5.41, 5.74) is 2.19. The van der Waals surface area contributed by atoms with E-state index in [9.17, 15) is 14.4 Å². The molecular weight excluding hydrogens is 526 g/mol. The molecule has 0 bridgehead atoms. The predicted molar refractivity (Wildman–Crippen MR) is 143 cm³/mol. The highest BCUT2D eigenvalue weighted by Gasteiger charge is 2.39. The molecule has 3 aromatic rings. The maximum atomic E-state index is 13.2. The topological polar surface area (TPSA) is 78.5 Å². The molecule has 2 N–H and O–H groups in total. The minimum atomic E-state index is -0.333. The Kier molecular flexibility index (Phi) is 7.73. The van der Waals surface area contributed by atoms with Crippen LogP contribution < -0.4 is 10.6 Å². The van der Waals surface area contributed by atoms with Gasteiger partial charge in [0, 0.05) is 32.9 Å². The van der Waals surface area contributed by atoms with Gasteiger partial charge in [-0.25, -0.2) is 0 Å². The highest BCUT2D eigenvalue weighted by molar-refractivity contribution is 9.10. The number of anilines is 2. The van der Waals surface area contributed by atoms with Crippen LogP contribution in [0.4, 0.5) is 11.4 Å². The van der Waals surface area contributed by atoms with Crippen molar-refractivity contribution in [3.63, 3.8) is 0 Å². The van der Waals surface area contributed by atoms with Gasteiger partial charge in [-0.1, -0.05) is 59.7 Å². The summed E-state index contributed by atoms with van der Waals surface area (Å²) in [5.74, 6) is -0.695. The van der Waals surface area contributed by atoms with Crippen molar-refractivity contribution in [1.29, 1.82) is 0 Å². The van der Waals surface area contributed by atoms with Crippen LogP contribution in [0.25, 0.3) is 0 Å². The summed E-state index contributed by atoms with van der Waals surface area (Å²) < 4.78 is 0.918. The zero-order valence-corrected chi connectivity index (χ0v) is 21.7. The van der Waals surface area contributed by atoms with Gasteiger partial charge < -0.3 is 10.6 Å². The summed E-state index contributed by atoms with van der Waals surface area (Å²) in [6.45, 7) is 4.28. The third-order valence-corrected chi connectivity index (χ3v) is 6.77. The first-order valence-corrected chi connectivity index (χ1v) is 12.7. The monoisotopic (exact) mass is 549 g/mol. The molecule has 6 nitrogen and oxygen atoms in total. The zero-order chi connectivity index (χ0) is 24.9. The van der Waals surface area contributed by atoms with Crippen molar-refractivity contribution >= 4 is 56.8 Å². The number of hydrogen-bond acceptors (Lipinski definition) is 5. The molecule has 0 radical (unpaired) electrons. The van der Waals surface area contributed by atoms with Crippen LogP contribution in [0.5, 0.6) is 0 Å². The molecule has 0 unspecified atom stereocenters. The fraction of sp³-hybridized carbons (Fsp3) is 0.148. The van der Waals surface area contributed by atoms with E-state index in [-0.39, 0.29) is 29.3 Å². The molecule has 4 rings (SSSR count). The molecule has 0 atom stereocenters. The SMILES string of the molecule is CC(C)CN1C(=O)C(Nc2ccc(Br)cc2)=C(Sc2ccc(NC(=O)c3ccccc3)cc2)C1=O. The molecule has 0 spiro atoms. The number of amides is 3. The van der Waals surface area contributed by atoms with E-state index >= 15 is 0 Å². The van der Waals surface area contributed by atoms with E-state index in [4.69, 9.17) is 0 Å². The number of carbonyl (C=O) groups excluding carboxylic acids is 3. The summed E-state index contributed by atoms with van der Waals surface area (Å²) in [7, 11) is 0. The van der Waals surface area contributed by atoms with Gasteiger partial charge in [0.25, 0.3) is 17.7 Å². The van der Waals surface area contributed by atoms with E-state index in [0.29, 0.717) is 28.4 Å². The van der Waals surface area contributed by atoms with Gasteiger partial charge >= 0.3 is 0 Å². The second-order valence-corrected chi connectivity index (χ2v) is 10.4. The van der Waals surface area contributed by atoms with E-state index in [2.05, 4.69) is 26.6 Å². The van der Waals surface area contributed by atoms with Gasteiger partial charge in [-0.3, -0.25) is 19.3 Å². The minimum Gasteiger partial charge on any atom is -0.350 e. The van der Waals surface area contributed by atoms with Crippen molar-refractivity contribution < 1.29 is 14.4 Å². The molecule has 0 aromatic heterocycles. The van der Waals surface area contributed by atoms with Crippen molar-refractivity contribution in [1.82, 2.24) is 4.90 Å². The third-order valence-electron chi connectivity index (χ3n) is 5.15. The van der Waals surface area contributed by atoms with Crippen molar-refractivity contribution in [2.45, 2.75) is 18.7 Å². The zero-order valence-electron chi connectivity index (χ0n) is 19.2. The molecule has 0 saturated carbocycles. The molecule has 1 aliphatic heterocycles. The van der Waals surface area contributed by atoms with Crippen molar-refractivity contribution in [2.75, 3.05) is 17.2 Å². The number of rotatable bonds is 8. The first-order valence-electron chi connectivity index (χ1n) is 11.1. The number of carbonyl (C=O) groups is 3. The number of benzene rings is 3. The average molecular weight is 550 g/mol. The fourth-order valence-electron chi connectivity index (χ4n) is 3.48. The Balaban J connectivity index is 1.55. The molecule has 1 aliphatic rings. The Morgan fingerprint density at radius 1 is 0.886 bits per heavy atom. The molecule has 3 amide bonds. The van der Waals surface area contributed by atoms with Crippen LogP contribution in [-0.2, 0) is 9.59 Å². The van der Waals surface area contributed by atoms with Gasteiger partial charge in [0.15, 0.2) is 0 Å². The van der Waals surface area contributed by atoms with Crippen molar-refractivity contribution in [3.05, 3.63) is 99.5 Å². The molecule has 0 aliphatic carbocycles. The lowest BCUT2D eigenvalue weighted by atomic mass is 10.2. The maximum absolute atomic E-state index is 13.2. The molecule has 178 valence electrons. The van der Waals surface area contributed by atoms with E-state index in [1.807, 2.05) is 68.4 Å². The maximum Gasteiger partial charge on any atom is 0.278 e. The number of halogens is 1. The Hall–Kier alpha value is -3.36. The normalized spacial score (nSPS) is 13.5. The van der Waals surface area contributed by atoms with Crippen LogP contribution in [0, 0.1) is 5.92 Å². The van der Waals surface area contributed by atoms with Crippen LogP contribution >= 0.6 is 27.7 Å². The van der Waals surface area contributed by atoms with Gasteiger partial charge in [0.1, 0.15) is 10.6 Å². The highest BCUT2D eigenvalue weighted by Crippen LogP contribution is 2.36. The largest absolute Gasteiger partial charge is 0.350 e. The molecule has 35 heavy (non-hydrogen) atoms. The molecular formula is C27H24BrN3O3S. The molecule has 8 heteroatoms. The van der Waals surface area contributed by atoms with E-state index in [1.54, 1.807) is 24.3 Å². The average Bonchev–Trinajstić information content (AvgIpc) is 3.06.